The monoisotopic (exact) mass is 353 g/mol. The van der Waals surface area contributed by atoms with Crippen LogP contribution in [0.3, 0.4) is 0 Å². The molecule has 2 aromatic rings. The summed E-state index contributed by atoms with van der Waals surface area (Å²) in [7, 11) is 0. The number of carbonyl (C=O) groups is 2. The molecule has 1 aromatic carbocycles. The van der Waals surface area contributed by atoms with Gasteiger partial charge in [-0.15, -0.1) is 0 Å². The summed E-state index contributed by atoms with van der Waals surface area (Å²) in [6, 6.07) is 11.3. The van der Waals surface area contributed by atoms with Gasteiger partial charge >= 0.3 is 0 Å². The molecule has 1 aromatic heterocycles. The number of piperazine rings is 1. The van der Waals surface area contributed by atoms with Gasteiger partial charge in [0, 0.05) is 38.4 Å². The molecule has 0 unspecified atom stereocenters. The molecule has 6 heteroatoms. The number of carbonyl (C=O) groups excluding carboxylic acids is 2. The lowest BCUT2D eigenvalue weighted by Gasteiger charge is -2.38. The highest BCUT2D eigenvalue weighted by molar-refractivity contribution is 5.98. The van der Waals surface area contributed by atoms with Gasteiger partial charge in [-0.1, -0.05) is 18.2 Å². The van der Waals surface area contributed by atoms with Gasteiger partial charge < -0.3 is 14.2 Å². The first-order chi connectivity index (χ1) is 12.6. The molecule has 2 aliphatic rings. The van der Waals surface area contributed by atoms with Crippen molar-refractivity contribution in [3.63, 3.8) is 0 Å². The zero-order chi connectivity index (χ0) is 18.1. The molecule has 0 N–H and O–H groups in total. The van der Waals surface area contributed by atoms with Crippen LogP contribution in [0.25, 0.3) is 0 Å². The van der Waals surface area contributed by atoms with Crippen LogP contribution in [-0.2, 0) is 11.2 Å². The molecule has 0 spiro atoms. The van der Waals surface area contributed by atoms with Crippen LogP contribution in [0.1, 0.15) is 23.0 Å². The van der Waals surface area contributed by atoms with Gasteiger partial charge in [-0.25, -0.2) is 0 Å². The van der Waals surface area contributed by atoms with Crippen LogP contribution in [0, 0.1) is 0 Å². The number of furan rings is 1. The molecule has 0 aliphatic carbocycles. The number of para-hydroxylation sites is 1. The van der Waals surface area contributed by atoms with Gasteiger partial charge in [0.2, 0.25) is 5.91 Å². The first-order valence-electron chi connectivity index (χ1n) is 9.11. The minimum absolute atomic E-state index is 0.0814. The van der Waals surface area contributed by atoms with Crippen LogP contribution in [0.15, 0.2) is 47.1 Å². The molecule has 1 saturated heterocycles. The number of benzene rings is 1. The highest BCUT2D eigenvalue weighted by Gasteiger charge is 2.33. The number of nitrogens with zero attached hydrogens (tertiary/aromatic N) is 3. The van der Waals surface area contributed by atoms with Crippen molar-refractivity contribution in [2.75, 3.05) is 37.6 Å². The van der Waals surface area contributed by atoms with Gasteiger partial charge in [0.25, 0.3) is 5.91 Å². The Bertz CT molecular complexity index is 794. The molecule has 1 atom stereocenters. The van der Waals surface area contributed by atoms with Gasteiger partial charge in [-0.3, -0.25) is 14.5 Å². The Morgan fingerprint density at radius 3 is 2.50 bits per heavy atom. The van der Waals surface area contributed by atoms with E-state index in [0.29, 0.717) is 31.9 Å². The molecule has 2 amide bonds. The number of anilines is 1. The van der Waals surface area contributed by atoms with Crippen molar-refractivity contribution in [3.8, 4) is 0 Å². The summed E-state index contributed by atoms with van der Waals surface area (Å²) in [5, 5.41) is 0. The minimum atomic E-state index is -0.193. The Balaban J connectivity index is 1.37. The SMILES string of the molecule is C[C@@H](C(=O)N1CCc2ccccc21)N1CCN(C(=O)c2ccco2)CC1. The van der Waals surface area contributed by atoms with E-state index in [2.05, 4.69) is 11.0 Å². The summed E-state index contributed by atoms with van der Waals surface area (Å²) in [6.45, 7) is 5.30. The normalized spacial score (nSPS) is 18.7. The summed E-state index contributed by atoms with van der Waals surface area (Å²) in [4.78, 5) is 31.2. The predicted octanol–water partition coefficient (Wildman–Crippen LogP) is 2.02. The number of rotatable bonds is 3. The smallest absolute Gasteiger partial charge is 0.289 e. The molecule has 0 saturated carbocycles. The van der Waals surface area contributed by atoms with Gasteiger partial charge in [-0.05, 0) is 37.1 Å². The van der Waals surface area contributed by atoms with Gasteiger partial charge in [-0.2, -0.15) is 0 Å². The number of hydrogen-bond donors (Lipinski definition) is 0. The molecule has 2 aliphatic heterocycles. The van der Waals surface area contributed by atoms with E-state index in [1.165, 1.54) is 11.8 Å². The van der Waals surface area contributed by atoms with Crippen molar-refractivity contribution in [3.05, 3.63) is 54.0 Å². The predicted molar refractivity (Wildman–Crippen MR) is 98.1 cm³/mol. The Hall–Kier alpha value is -2.60. The van der Waals surface area contributed by atoms with Crippen molar-refractivity contribution in [2.45, 2.75) is 19.4 Å². The molecule has 4 rings (SSSR count). The van der Waals surface area contributed by atoms with E-state index in [4.69, 9.17) is 4.42 Å². The lowest BCUT2D eigenvalue weighted by atomic mass is 10.1. The molecule has 0 bridgehead atoms. The lowest BCUT2D eigenvalue weighted by molar-refractivity contribution is -0.123. The summed E-state index contributed by atoms with van der Waals surface area (Å²) < 4.78 is 5.20. The van der Waals surface area contributed by atoms with Gasteiger partial charge in [0.1, 0.15) is 0 Å². The van der Waals surface area contributed by atoms with Crippen LogP contribution in [-0.4, -0.2) is 60.4 Å². The third-order valence-electron chi connectivity index (χ3n) is 5.39. The van der Waals surface area contributed by atoms with Crippen molar-refractivity contribution in [2.24, 2.45) is 0 Å². The fourth-order valence-electron chi connectivity index (χ4n) is 3.82. The second-order valence-electron chi connectivity index (χ2n) is 6.85. The number of amides is 2. The lowest BCUT2D eigenvalue weighted by Crippen LogP contribution is -2.55. The average molecular weight is 353 g/mol. The van der Waals surface area contributed by atoms with E-state index >= 15 is 0 Å². The highest BCUT2D eigenvalue weighted by Crippen LogP contribution is 2.28. The maximum Gasteiger partial charge on any atom is 0.289 e. The Morgan fingerprint density at radius 1 is 1.00 bits per heavy atom. The second kappa shape index (κ2) is 6.96. The van der Waals surface area contributed by atoms with Crippen molar-refractivity contribution < 1.29 is 14.0 Å². The third-order valence-corrected chi connectivity index (χ3v) is 5.39. The Morgan fingerprint density at radius 2 is 1.77 bits per heavy atom. The van der Waals surface area contributed by atoms with E-state index in [0.717, 1.165) is 18.7 Å². The average Bonchev–Trinajstić information content (AvgIpc) is 3.36. The Kier molecular flexibility index (Phi) is 4.51. The summed E-state index contributed by atoms with van der Waals surface area (Å²) in [5.41, 5.74) is 2.28. The van der Waals surface area contributed by atoms with E-state index in [-0.39, 0.29) is 17.9 Å². The third kappa shape index (κ3) is 3.01. The molecule has 26 heavy (non-hydrogen) atoms. The van der Waals surface area contributed by atoms with Crippen LogP contribution in [0.4, 0.5) is 5.69 Å². The fraction of sp³-hybridized carbons (Fsp3) is 0.400. The maximum atomic E-state index is 13.0. The molecule has 136 valence electrons. The maximum absolute atomic E-state index is 13.0. The molecule has 1 fully saturated rings. The molecule has 6 nitrogen and oxygen atoms in total. The Labute approximate surface area is 153 Å². The summed E-state index contributed by atoms with van der Waals surface area (Å²) >= 11 is 0. The highest BCUT2D eigenvalue weighted by atomic mass is 16.3. The molecular weight excluding hydrogens is 330 g/mol. The van der Waals surface area contributed by atoms with Crippen LogP contribution < -0.4 is 4.90 Å². The first kappa shape index (κ1) is 16.8. The summed E-state index contributed by atoms with van der Waals surface area (Å²) in [5.74, 6) is 0.430. The fourth-order valence-corrected chi connectivity index (χ4v) is 3.82. The van der Waals surface area contributed by atoms with Crippen LogP contribution in [0.5, 0.6) is 0 Å². The molecular formula is C20H23N3O3. The first-order valence-corrected chi connectivity index (χ1v) is 9.11. The van der Waals surface area contributed by atoms with Crippen LogP contribution in [0.2, 0.25) is 0 Å². The number of fused-ring (bicyclic) bond motifs is 1. The standard InChI is InChI=1S/C20H23N3O3/c1-15(19(24)23-9-8-16-5-2-3-6-17(16)23)21-10-12-22(13-11-21)20(25)18-7-4-14-26-18/h2-7,14-15H,8-13H2,1H3/t15-/m0/s1. The second-order valence-corrected chi connectivity index (χ2v) is 6.85. The summed E-state index contributed by atoms with van der Waals surface area (Å²) in [6.07, 6.45) is 2.43. The zero-order valence-electron chi connectivity index (χ0n) is 14.9. The van der Waals surface area contributed by atoms with Crippen molar-refractivity contribution in [1.82, 2.24) is 9.80 Å². The number of hydrogen-bond acceptors (Lipinski definition) is 4. The van der Waals surface area contributed by atoms with Crippen molar-refractivity contribution >= 4 is 17.5 Å². The molecule has 3 heterocycles. The van der Waals surface area contributed by atoms with E-state index < -0.39 is 0 Å². The van der Waals surface area contributed by atoms with E-state index in [9.17, 15) is 9.59 Å². The van der Waals surface area contributed by atoms with Gasteiger partial charge in [0.15, 0.2) is 5.76 Å². The topological polar surface area (TPSA) is 57.0 Å². The zero-order valence-corrected chi connectivity index (χ0v) is 14.9. The van der Waals surface area contributed by atoms with Gasteiger partial charge in [0.05, 0.1) is 12.3 Å². The molecule has 0 radical (unpaired) electrons. The van der Waals surface area contributed by atoms with E-state index in [1.807, 2.05) is 30.0 Å². The van der Waals surface area contributed by atoms with Crippen molar-refractivity contribution in [1.29, 1.82) is 0 Å². The largest absolute Gasteiger partial charge is 0.459 e. The quantitative estimate of drug-likeness (QED) is 0.847. The minimum Gasteiger partial charge on any atom is -0.459 e. The van der Waals surface area contributed by atoms with Crippen LogP contribution >= 0.6 is 0 Å². The van der Waals surface area contributed by atoms with E-state index in [1.54, 1.807) is 17.0 Å².